The number of hydrogen-bond acceptors (Lipinski definition) is 0. The molecule has 1 saturated carbocycles. The van der Waals surface area contributed by atoms with E-state index in [0.717, 1.165) is 11.8 Å². The van der Waals surface area contributed by atoms with Crippen molar-refractivity contribution in [2.24, 2.45) is 22.7 Å². The van der Waals surface area contributed by atoms with Gasteiger partial charge in [-0.2, -0.15) is 0 Å². The molecule has 1 atom stereocenters. The van der Waals surface area contributed by atoms with E-state index in [1.54, 1.807) is 0 Å². The minimum Gasteiger partial charge on any atom is -0.0651 e. The molecule has 17 heavy (non-hydrogen) atoms. The maximum absolute atomic E-state index is 2.57. The van der Waals surface area contributed by atoms with Gasteiger partial charge in [-0.05, 0) is 48.3 Å². The van der Waals surface area contributed by atoms with Crippen molar-refractivity contribution in [2.45, 2.75) is 86.5 Å². The maximum atomic E-state index is 2.57. The van der Waals surface area contributed by atoms with Gasteiger partial charge in [0.15, 0.2) is 0 Å². The summed E-state index contributed by atoms with van der Waals surface area (Å²) in [5, 5.41) is 0. The van der Waals surface area contributed by atoms with Crippen LogP contribution in [0.15, 0.2) is 0 Å². The van der Waals surface area contributed by atoms with Crippen LogP contribution in [-0.2, 0) is 0 Å². The lowest BCUT2D eigenvalue weighted by Crippen LogP contribution is -2.46. The van der Waals surface area contributed by atoms with Gasteiger partial charge in [0.1, 0.15) is 0 Å². The Labute approximate surface area is 110 Å². The Morgan fingerprint density at radius 3 is 1.82 bits per heavy atom. The van der Waals surface area contributed by atoms with Crippen LogP contribution in [0.4, 0.5) is 0 Å². The Bertz CT molecular complexity index is 216. The minimum atomic E-state index is 0.516. The summed E-state index contributed by atoms with van der Waals surface area (Å²) in [6, 6.07) is 0. The Kier molecular flexibility index (Phi) is 5.10. The average molecular weight is 238 g/mol. The lowest BCUT2D eigenvalue weighted by Gasteiger charge is -2.53. The highest BCUT2D eigenvalue weighted by Gasteiger charge is 2.49. The zero-order chi connectivity index (χ0) is 13.1. The first-order valence-corrected chi connectivity index (χ1v) is 7.96. The van der Waals surface area contributed by atoms with Gasteiger partial charge in [-0.25, -0.2) is 0 Å². The highest BCUT2D eigenvalue weighted by atomic mass is 14.5. The van der Waals surface area contributed by atoms with Crippen LogP contribution in [0.2, 0.25) is 0 Å². The molecule has 0 aromatic rings. The summed E-state index contributed by atoms with van der Waals surface area (Å²) < 4.78 is 0. The van der Waals surface area contributed by atoms with E-state index in [1.807, 2.05) is 0 Å². The van der Waals surface area contributed by atoms with Crippen LogP contribution in [0, 0.1) is 22.7 Å². The van der Waals surface area contributed by atoms with Crippen molar-refractivity contribution >= 4 is 0 Å². The third-order valence-corrected chi connectivity index (χ3v) is 6.48. The predicted octanol–water partition coefficient (Wildman–Crippen LogP) is 6.06. The van der Waals surface area contributed by atoms with Crippen molar-refractivity contribution in [3.63, 3.8) is 0 Å². The van der Waals surface area contributed by atoms with Gasteiger partial charge in [0.05, 0.1) is 0 Å². The van der Waals surface area contributed by atoms with E-state index in [4.69, 9.17) is 0 Å². The highest BCUT2D eigenvalue weighted by molar-refractivity contribution is 4.98. The SMILES string of the molecule is CCC(C)C(CC)(CC)C(C)(C)C1CCCC1. The Morgan fingerprint density at radius 2 is 1.47 bits per heavy atom. The monoisotopic (exact) mass is 238 g/mol. The molecule has 0 aromatic carbocycles. The molecule has 1 rings (SSSR count). The normalized spacial score (nSPS) is 20.8. The van der Waals surface area contributed by atoms with Crippen LogP contribution in [0.5, 0.6) is 0 Å². The van der Waals surface area contributed by atoms with Crippen LogP contribution in [0.25, 0.3) is 0 Å². The Balaban J connectivity index is 3.02. The van der Waals surface area contributed by atoms with E-state index in [0.29, 0.717) is 10.8 Å². The van der Waals surface area contributed by atoms with Crippen molar-refractivity contribution in [3.05, 3.63) is 0 Å². The molecule has 1 aliphatic carbocycles. The van der Waals surface area contributed by atoms with Crippen molar-refractivity contribution < 1.29 is 0 Å². The topological polar surface area (TPSA) is 0 Å². The molecule has 0 nitrogen and oxygen atoms in total. The molecule has 0 N–H and O–H groups in total. The maximum Gasteiger partial charge on any atom is -0.0223 e. The fourth-order valence-corrected chi connectivity index (χ4v) is 4.94. The average Bonchev–Trinajstić information content (AvgIpc) is 2.84. The largest absolute Gasteiger partial charge is 0.0651 e. The molecule has 102 valence electrons. The van der Waals surface area contributed by atoms with Gasteiger partial charge in [0.25, 0.3) is 0 Å². The Morgan fingerprint density at radius 1 is 1.00 bits per heavy atom. The van der Waals surface area contributed by atoms with Gasteiger partial charge in [0.2, 0.25) is 0 Å². The summed E-state index contributed by atoms with van der Waals surface area (Å²) >= 11 is 0. The van der Waals surface area contributed by atoms with Crippen molar-refractivity contribution in [2.75, 3.05) is 0 Å². The molecule has 1 aliphatic rings. The lowest BCUT2D eigenvalue weighted by molar-refractivity contribution is -0.0447. The van der Waals surface area contributed by atoms with E-state index in [-0.39, 0.29) is 0 Å². The quantitative estimate of drug-likeness (QED) is 0.528. The predicted molar refractivity (Wildman–Crippen MR) is 78.2 cm³/mol. The van der Waals surface area contributed by atoms with E-state index >= 15 is 0 Å². The van der Waals surface area contributed by atoms with Crippen molar-refractivity contribution in [1.82, 2.24) is 0 Å². The molecule has 0 amide bonds. The van der Waals surface area contributed by atoms with E-state index in [9.17, 15) is 0 Å². The van der Waals surface area contributed by atoms with Crippen LogP contribution < -0.4 is 0 Å². The van der Waals surface area contributed by atoms with Crippen LogP contribution in [0.1, 0.15) is 86.5 Å². The second-order valence-corrected chi connectivity index (χ2v) is 6.88. The minimum absolute atomic E-state index is 0.516. The first-order valence-electron chi connectivity index (χ1n) is 7.96. The van der Waals surface area contributed by atoms with E-state index in [2.05, 4.69) is 41.5 Å². The second kappa shape index (κ2) is 5.76. The van der Waals surface area contributed by atoms with Gasteiger partial charge in [-0.1, -0.05) is 60.8 Å². The van der Waals surface area contributed by atoms with Crippen LogP contribution in [-0.4, -0.2) is 0 Å². The standard InChI is InChI=1S/C17H34/c1-7-14(4)17(8-2,9-3)16(5,6)15-12-10-11-13-15/h14-15H,7-13H2,1-6H3. The molecule has 0 spiro atoms. The summed E-state index contributed by atoms with van der Waals surface area (Å²) in [5.41, 5.74) is 1.07. The molecule has 0 radical (unpaired) electrons. The van der Waals surface area contributed by atoms with Gasteiger partial charge in [-0.15, -0.1) is 0 Å². The van der Waals surface area contributed by atoms with E-state index in [1.165, 1.54) is 44.9 Å². The van der Waals surface area contributed by atoms with Gasteiger partial charge < -0.3 is 0 Å². The Hall–Kier alpha value is 0. The van der Waals surface area contributed by atoms with Gasteiger partial charge in [0, 0.05) is 0 Å². The molecule has 0 heteroatoms. The fourth-order valence-electron chi connectivity index (χ4n) is 4.94. The summed E-state index contributed by atoms with van der Waals surface area (Å²) in [5.74, 6) is 1.82. The van der Waals surface area contributed by atoms with Gasteiger partial charge >= 0.3 is 0 Å². The van der Waals surface area contributed by atoms with E-state index < -0.39 is 0 Å². The third-order valence-electron chi connectivity index (χ3n) is 6.48. The molecular weight excluding hydrogens is 204 g/mol. The summed E-state index contributed by atoms with van der Waals surface area (Å²) in [7, 11) is 0. The molecular formula is C17H34. The molecule has 1 fully saturated rings. The smallest absolute Gasteiger partial charge is 0.0223 e. The molecule has 0 aliphatic heterocycles. The number of hydrogen-bond donors (Lipinski definition) is 0. The second-order valence-electron chi connectivity index (χ2n) is 6.88. The van der Waals surface area contributed by atoms with Crippen LogP contribution in [0.3, 0.4) is 0 Å². The lowest BCUT2D eigenvalue weighted by atomic mass is 9.51. The first-order chi connectivity index (χ1) is 7.96. The molecule has 0 heterocycles. The molecule has 0 bridgehead atoms. The summed E-state index contributed by atoms with van der Waals surface area (Å²) in [6.45, 7) is 14.8. The zero-order valence-corrected chi connectivity index (χ0v) is 13.1. The molecule has 0 saturated heterocycles. The summed E-state index contributed by atoms with van der Waals surface area (Å²) in [4.78, 5) is 0. The first kappa shape index (κ1) is 15.1. The number of rotatable bonds is 6. The summed E-state index contributed by atoms with van der Waals surface area (Å²) in [6.07, 6.45) is 9.93. The van der Waals surface area contributed by atoms with Crippen molar-refractivity contribution in [3.8, 4) is 0 Å². The van der Waals surface area contributed by atoms with Crippen LogP contribution >= 0.6 is 0 Å². The van der Waals surface area contributed by atoms with Gasteiger partial charge in [-0.3, -0.25) is 0 Å². The molecule has 0 aromatic heterocycles. The third kappa shape index (κ3) is 2.42. The van der Waals surface area contributed by atoms with Crippen molar-refractivity contribution in [1.29, 1.82) is 0 Å². The fraction of sp³-hybridized carbons (Fsp3) is 1.00. The zero-order valence-electron chi connectivity index (χ0n) is 13.1. The molecule has 1 unspecified atom stereocenters. The highest BCUT2D eigenvalue weighted by Crippen LogP contribution is 2.58.